The number of amides is 1. The van der Waals surface area contributed by atoms with Crippen LogP contribution in [0.2, 0.25) is 0 Å². The second-order valence-electron chi connectivity index (χ2n) is 4.96. The largest absolute Gasteiger partial charge is 0.383 e. The molecule has 0 aromatic heterocycles. The SMILES string of the molecule is CCNC(=NCC(=O)NCCOC)N(C)Cc1ccccc1Br. The molecule has 0 aliphatic carbocycles. The molecule has 0 radical (unpaired) electrons. The number of carbonyl (C=O) groups is 1. The predicted octanol–water partition coefficient (Wildman–Crippen LogP) is 1.61. The van der Waals surface area contributed by atoms with Gasteiger partial charge in [-0.15, -0.1) is 0 Å². The maximum Gasteiger partial charge on any atom is 0.241 e. The number of nitrogens with one attached hydrogen (secondary N) is 2. The molecule has 0 spiro atoms. The van der Waals surface area contributed by atoms with E-state index in [1.165, 1.54) is 0 Å². The summed E-state index contributed by atoms with van der Waals surface area (Å²) >= 11 is 3.55. The minimum atomic E-state index is -0.119. The van der Waals surface area contributed by atoms with Gasteiger partial charge in [-0.05, 0) is 18.6 Å². The Balaban J connectivity index is 2.63. The summed E-state index contributed by atoms with van der Waals surface area (Å²) in [7, 11) is 3.55. The first-order chi connectivity index (χ1) is 11.1. The average Bonchev–Trinajstić information content (AvgIpc) is 2.53. The van der Waals surface area contributed by atoms with Crippen molar-refractivity contribution in [2.75, 3.05) is 40.4 Å². The Bertz CT molecular complexity index is 523. The second-order valence-corrected chi connectivity index (χ2v) is 5.81. The third-order valence-electron chi connectivity index (χ3n) is 3.06. The Morgan fingerprint density at radius 1 is 1.35 bits per heavy atom. The summed E-state index contributed by atoms with van der Waals surface area (Å²) < 4.78 is 5.95. The molecule has 23 heavy (non-hydrogen) atoms. The van der Waals surface area contributed by atoms with Crippen LogP contribution in [0.4, 0.5) is 0 Å². The van der Waals surface area contributed by atoms with Gasteiger partial charge in [0.2, 0.25) is 5.91 Å². The van der Waals surface area contributed by atoms with Crippen LogP contribution in [0.5, 0.6) is 0 Å². The van der Waals surface area contributed by atoms with Crippen molar-refractivity contribution in [2.45, 2.75) is 13.5 Å². The lowest BCUT2D eigenvalue weighted by Crippen LogP contribution is -2.39. The lowest BCUT2D eigenvalue weighted by Gasteiger charge is -2.22. The molecule has 1 amide bonds. The lowest BCUT2D eigenvalue weighted by molar-refractivity contribution is -0.119. The molecule has 0 aliphatic heterocycles. The number of nitrogens with zero attached hydrogens (tertiary/aromatic N) is 2. The maximum absolute atomic E-state index is 11.7. The van der Waals surface area contributed by atoms with E-state index < -0.39 is 0 Å². The number of guanidine groups is 1. The van der Waals surface area contributed by atoms with E-state index >= 15 is 0 Å². The summed E-state index contributed by atoms with van der Waals surface area (Å²) in [5, 5.41) is 5.95. The molecular formula is C16H25BrN4O2. The summed E-state index contributed by atoms with van der Waals surface area (Å²) in [6.07, 6.45) is 0. The highest BCUT2D eigenvalue weighted by atomic mass is 79.9. The van der Waals surface area contributed by atoms with Gasteiger partial charge in [-0.2, -0.15) is 0 Å². The molecule has 0 saturated carbocycles. The van der Waals surface area contributed by atoms with Gasteiger partial charge in [-0.1, -0.05) is 34.1 Å². The first-order valence-corrected chi connectivity index (χ1v) is 8.36. The lowest BCUT2D eigenvalue weighted by atomic mass is 10.2. The zero-order valence-corrected chi connectivity index (χ0v) is 15.5. The number of aliphatic imine (C=N–C) groups is 1. The van der Waals surface area contributed by atoms with Crippen molar-refractivity contribution >= 4 is 27.8 Å². The molecule has 128 valence electrons. The summed E-state index contributed by atoms with van der Waals surface area (Å²) in [6, 6.07) is 8.05. The molecule has 0 unspecified atom stereocenters. The van der Waals surface area contributed by atoms with Crippen molar-refractivity contribution in [2.24, 2.45) is 4.99 Å². The predicted molar refractivity (Wildman–Crippen MR) is 96.5 cm³/mol. The molecule has 0 aliphatic rings. The number of rotatable bonds is 8. The van der Waals surface area contributed by atoms with Crippen molar-refractivity contribution in [3.05, 3.63) is 34.3 Å². The van der Waals surface area contributed by atoms with E-state index in [1.54, 1.807) is 7.11 Å². The topological polar surface area (TPSA) is 66.0 Å². The van der Waals surface area contributed by atoms with Crippen LogP contribution in [0.25, 0.3) is 0 Å². The summed E-state index contributed by atoms with van der Waals surface area (Å²) in [5.74, 6) is 0.580. The first-order valence-electron chi connectivity index (χ1n) is 7.57. The number of halogens is 1. The van der Waals surface area contributed by atoms with Gasteiger partial charge in [0.15, 0.2) is 5.96 Å². The van der Waals surface area contributed by atoms with Crippen LogP contribution < -0.4 is 10.6 Å². The standard InChI is InChI=1S/C16H25BrN4O2/c1-4-18-16(20-11-15(22)19-9-10-23-3)21(2)12-13-7-5-6-8-14(13)17/h5-8H,4,9-12H2,1-3H3,(H,18,20)(H,19,22). The number of hydrogen-bond acceptors (Lipinski definition) is 3. The summed E-state index contributed by atoms with van der Waals surface area (Å²) in [4.78, 5) is 18.1. The smallest absolute Gasteiger partial charge is 0.241 e. The summed E-state index contributed by atoms with van der Waals surface area (Å²) in [5.41, 5.74) is 1.16. The molecule has 1 aromatic carbocycles. The molecule has 0 atom stereocenters. The van der Waals surface area contributed by atoms with Crippen LogP contribution in [0.1, 0.15) is 12.5 Å². The Kier molecular flexibility index (Phi) is 9.31. The Morgan fingerprint density at radius 3 is 2.74 bits per heavy atom. The van der Waals surface area contributed by atoms with E-state index in [9.17, 15) is 4.79 Å². The molecule has 0 fully saturated rings. The maximum atomic E-state index is 11.7. The third kappa shape index (κ3) is 7.47. The van der Waals surface area contributed by atoms with Crippen LogP contribution in [-0.4, -0.2) is 57.2 Å². The van der Waals surface area contributed by atoms with Gasteiger partial charge in [0.05, 0.1) is 6.61 Å². The molecule has 0 heterocycles. The van der Waals surface area contributed by atoms with Crippen molar-refractivity contribution in [1.82, 2.24) is 15.5 Å². The van der Waals surface area contributed by atoms with Gasteiger partial charge in [-0.3, -0.25) is 4.79 Å². The molecule has 2 N–H and O–H groups in total. The Morgan fingerprint density at radius 2 is 2.09 bits per heavy atom. The van der Waals surface area contributed by atoms with Crippen LogP contribution in [0.3, 0.4) is 0 Å². The Hall–Kier alpha value is -1.60. The van der Waals surface area contributed by atoms with Crippen LogP contribution in [-0.2, 0) is 16.1 Å². The third-order valence-corrected chi connectivity index (χ3v) is 3.84. The highest BCUT2D eigenvalue weighted by Gasteiger charge is 2.09. The number of methoxy groups -OCH3 is 1. The highest BCUT2D eigenvalue weighted by Crippen LogP contribution is 2.17. The molecule has 1 rings (SSSR count). The molecule has 1 aromatic rings. The van der Waals surface area contributed by atoms with Crippen molar-refractivity contribution in [3.8, 4) is 0 Å². The molecule has 6 nitrogen and oxygen atoms in total. The fraction of sp³-hybridized carbons (Fsp3) is 0.500. The van der Waals surface area contributed by atoms with Gasteiger partial charge < -0.3 is 20.3 Å². The van der Waals surface area contributed by atoms with Crippen LogP contribution >= 0.6 is 15.9 Å². The molecule has 0 saturated heterocycles. The number of ether oxygens (including phenoxy) is 1. The van der Waals surface area contributed by atoms with E-state index in [-0.39, 0.29) is 12.5 Å². The number of benzene rings is 1. The zero-order valence-electron chi connectivity index (χ0n) is 13.9. The zero-order chi connectivity index (χ0) is 17.1. The van der Waals surface area contributed by atoms with Gasteiger partial charge in [0.25, 0.3) is 0 Å². The fourth-order valence-corrected chi connectivity index (χ4v) is 2.33. The molecular weight excluding hydrogens is 360 g/mol. The molecule has 0 bridgehead atoms. The minimum absolute atomic E-state index is 0.0896. The number of hydrogen-bond donors (Lipinski definition) is 2. The average molecular weight is 385 g/mol. The first kappa shape index (κ1) is 19.4. The van der Waals surface area contributed by atoms with E-state index in [4.69, 9.17) is 4.74 Å². The van der Waals surface area contributed by atoms with Crippen LogP contribution in [0.15, 0.2) is 33.7 Å². The quantitative estimate of drug-likeness (QED) is 0.406. The van der Waals surface area contributed by atoms with Gasteiger partial charge in [-0.25, -0.2) is 4.99 Å². The molecule has 7 heteroatoms. The Labute approximate surface area is 146 Å². The van der Waals surface area contributed by atoms with E-state index in [0.717, 1.165) is 16.6 Å². The van der Waals surface area contributed by atoms with E-state index in [1.807, 2.05) is 37.1 Å². The highest BCUT2D eigenvalue weighted by molar-refractivity contribution is 9.10. The van der Waals surface area contributed by atoms with E-state index in [0.29, 0.717) is 25.7 Å². The van der Waals surface area contributed by atoms with Crippen LogP contribution in [0, 0.1) is 0 Å². The van der Waals surface area contributed by atoms with Crippen molar-refractivity contribution in [1.29, 1.82) is 0 Å². The van der Waals surface area contributed by atoms with Crippen molar-refractivity contribution in [3.63, 3.8) is 0 Å². The van der Waals surface area contributed by atoms with Gasteiger partial charge in [0, 0.05) is 38.3 Å². The van der Waals surface area contributed by atoms with Gasteiger partial charge in [0.1, 0.15) is 6.54 Å². The minimum Gasteiger partial charge on any atom is -0.383 e. The fourth-order valence-electron chi connectivity index (χ4n) is 1.92. The van der Waals surface area contributed by atoms with E-state index in [2.05, 4.69) is 37.6 Å². The van der Waals surface area contributed by atoms with Crippen molar-refractivity contribution < 1.29 is 9.53 Å². The normalized spacial score (nSPS) is 11.2. The monoisotopic (exact) mass is 384 g/mol. The second kappa shape index (κ2) is 11.0. The summed E-state index contributed by atoms with van der Waals surface area (Å²) in [6.45, 7) is 4.52. The van der Waals surface area contributed by atoms with Gasteiger partial charge >= 0.3 is 0 Å². The number of carbonyl (C=O) groups excluding carboxylic acids is 1.